The van der Waals surface area contributed by atoms with Crippen molar-refractivity contribution in [3.8, 4) is 0 Å². The molecule has 0 aromatic heterocycles. The van der Waals surface area contributed by atoms with Gasteiger partial charge in [-0.05, 0) is 0 Å². The zero-order valence-corrected chi connectivity index (χ0v) is 17.4. The van der Waals surface area contributed by atoms with E-state index in [-0.39, 0.29) is 0 Å². The average molecular weight is 552 g/mol. The van der Waals surface area contributed by atoms with E-state index in [4.69, 9.17) is 0 Å². The molecule has 0 amide bonds. The van der Waals surface area contributed by atoms with Crippen LogP contribution in [-0.2, 0) is 0 Å². The van der Waals surface area contributed by atoms with Gasteiger partial charge < -0.3 is 0 Å². The average Bonchev–Trinajstić information content (AvgIpc) is 2.26. The number of hydrogen-bond donors (Lipinski definition) is 0. The van der Waals surface area contributed by atoms with Crippen molar-refractivity contribution < 1.29 is 0 Å². The SMILES string of the molecule is BrC1SC2C(SC1Br)C1SC(Br)C(Br)SC21. The quantitative estimate of drug-likeness (QED) is 0.374. The molecule has 0 aromatic carbocycles. The topological polar surface area (TPSA) is 0 Å². The molecule has 2 heterocycles. The van der Waals surface area contributed by atoms with E-state index in [1.807, 2.05) is 0 Å². The third kappa shape index (κ3) is 2.46. The first-order valence-electron chi connectivity index (χ1n) is 4.76. The van der Waals surface area contributed by atoms with Crippen molar-refractivity contribution in [2.75, 3.05) is 0 Å². The van der Waals surface area contributed by atoms with Crippen molar-refractivity contribution in [1.29, 1.82) is 0 Å². The summed E-state index contributed by atoms with van der Waals surface area (Å²) in [5.41, 5.74) is 0. The minimum Gasteiger partial charge on any atom is -0.139 e. The lowest BCUT2D eigenvalue weighted by Crippen LogP contribution is -2.62. The molecule has 3 fully saturated rings. The molecule has 0 radical (unpaired) electrons. The smallest absolute Gasteiger partial charge is 0.0820 e. The van der Waals surface area contributed by atoms with Crippen LogP contribution in [0.1, 0.15) is 0 Å². The number of alkyl halides is 4. The van der Waals surface area contributed by atoms with Gasteiger partial charge in [0.2, 0.25) is 0 Å². The van der Waals surface area contributed by atoms with E-state index in [1.165, 1.54) is 0 Å². The van der Waals surface area contributed by atoms with Crippen LogP contribution in [0.5, 0.6) is 0 Å². The van der Waals surface area contributed by atoms with E-state index in [2.05, 4.69) is 111 Å². The van der Waals surface area contributed by atoms with Crippen LogP contribution in [0.15, 0.2) is 0 Å². The Morgan fingerprint density at radius 1 is 0.438 bits per heavy atom. The number of fused-ring (bicyclic) bond motifs is 4. The summed E-state index contributed by atoms with van der Waals surface area (Å²) in [5.74, 6) is 0. The van der Waals surface area contributed by atoms with Crippen LogP contribution >= 0.6 is 111 Å². The van der Waals surface area contributed by atoms with Gasteiger partial charge in [-0.1, -0.05) is 63.7 Å². The maximum Gasteiger partial charge on any atom is 0.0820 e. The molecule has 2 aliphatic heterocycles. The Morgan fingerprint density at radius 3 is 0.812 bits per heavy atom. The van der Waals surface area contributed by atoms with Crippen molar-refractivity contribution in [2.24, 2.45) is 0 Å². The van der Waals surface area contributed by atoms with Gasteiger partial charge in [0.15, 0.2) is 0 Å². The first kappa shape index (κ1) is 14.3. The van der Waals surface area contributed by atoms with Gasteiger partial charge >= 0.3 is 0 Å². The molecule has 4 atom stereocenters. The first-order valence-corrected chi connectivity index (χ1v) is 12.2. The Morgan fingerprint density at radius 2 is 0.625 bits per heavy atom. The predicted molar refractivity (Wildman–Crippen MR) is 96.4 cm³/mol. The zero-order valence-electron chi connectivity index (χ0n) is 7.76. The molecule has 2 saturated heterocycles. The minimum atomic E-state index is 0.556. The maximum absolute atomic E-state index is 3.76. The molecule has 16 heavy (non-hydrogen) atoms. The van der Waals surface area contributed by atoms with Gasteiger partial charge in [-0.25, -0.2) is 0 Å². The van der Waals surface area contributed by atoms with E-state index >= 15 is 0 Å². The summed E-state index contributed by atoms with van der Waals surface area (Å²) >= 11 is 23.5. The van der Waals surface area contributed by atoms with Crippen LogP contribution in [0.25, 0.3) is 0 Å². The molecule has 0 bridgehead atoms. The zero-order chi connectivity index (χ0) is 11.4. The van der Waals surface area contributed by atoms with E-state index < -0.39 is 0 Å². The maximum atomic E-state index is 3.76. The van der Waals surface area contributed by atoms with Crippen molar-refractivity contribution in [3.05, 3.63) is 0 Å². The minimum absolute atomic E-state index is 0.556. The van der Waals surface area contributed by atoms with Crippen molar-refractivity contribution in [3.63, 3.8) is 0 Å². The summed E-state index contributed by atoms with van der Waals surface area (Å²) in [7, 11) is 0. The second kappa shape index (κ2) is 5.60. The fourth-order valence-electron chi connectivity index (χ4n) is 2.07. The van der Waals surface area contributed by atoms with Gasteiger partial charge in [0, 0.05) is 21.0 Å². The third-order valence-electron chi connectivity index (χ3n) is 2.86. The van der Waals surface area contributed by atoms with Crippen LogP contribution < -0.4 is 0 Å². The van der Waals surface area contributed by atoms with Gasteiger partial charge in [0.05, 0.1) is 16.6 Å². The molecule has 3 aliphatic rings. The monoisotopic (exact) mass is 548 g/mol. The number of thioether (sulfide) groups is 4. The summed E-state index contributed by atoms with van der Waals surface area (Å²) < 4.78 is 2.23. The van der Waals surface area contributed by atoms with Crippen molar-refractivity contribution in [2.45, 2.75) is 37.6 Å². The molecule has 0 N–H and O–H groups in total. The van der Waals surface area contributed by atoms with Gasteiger partial charge in [0.25, 0.3) is 0 Å². The Kier molecular flexibility index (Phi) is 5.00. The van der Waals surface area contributed by atoms with E-state index in [0.29, 0.717) is 16.6 Å². The van der Waals surface area contributed by atoms with Crippen molar-refractivity contribution in [1.82, 2.24) is 0 Å². The lowest BCUT2D eigenvalue weighted by molar-refractivity contribution is 0.567. The van der Waals surface area contributed by atoms with Gasteiger partial charge in [-0.15, -0.1) is 47.0 Å². The highest BCUT2D eigenvalue weighted by Gasteiger charge is 2.59. The van der Waals surface area contributed by atoms with Crippen molar-refractivity contribution >= 4 is 111 Å². The van der Waals surface area contributed by atoms with E-state index in [1.54, 1.807) is 0 Å². The third-order valence-corrected chi connectivity index (χ3v) is 17.1. The molecular weight excluding hydrogens is 544 g/mol. The van der Waals surface area contributed by atoms with Crippen LogP contribution in [0, 0.1) is 0 Å². The lowest BCUT2D eigenvalue weighted by Gasteiger charge is -2.58. The molecule has 4 unspecified atom stereocenters. The number of rotatable bonds is 0. The second-order valence-electron chi connectivity index (χ2n) is 3.81. The molecule has 1 aliphatic carbocycles. The number of halogens is 4. The Bertz CT molecular complexity index is 229. The molecular formula is C8H8Br4S4. The largest absolute Gasteiger partial charge is 0.139 e. The molecule has 1 saturated carbocycles. The van der Waals surface area contributed by atoms with Gasteiger partial charge in [-0.2, -0.15) is 0 Å². The summed E-state index contributed by atoms with van der Waals surface area (Å²) in [4.78, 5) is 0. The van der Waals surface area contributed by atoms with Gasteiger partial charge in [0.1, 0.15) is 0 Å². The van der Waals surface area contributed by atoms with Gasteiger partial charge in [-0.3, -0.25) is 0 Å². The fourth-order valence-corrected chi connectivity index (χ4v) is 13.6. The Balaban J connectivity index is 1.72. The standard InChI is InChI=1S/C8H8Br4S4/c9-5-6(10)14-2-1(13-5)3-4(2)16-8(12)7(11)15-3/h1-8H. The fraction of sp³-hybridized carbons (Fsp3) is 1.00. The molecule has 0 spiro atoms. The lowest BCUT2D eigenvalue weighted by atomic mass is 9.96. The van der Waals surface area contributed by atoms with E-state index in [9.17, 15) is 0 Å². The first-order chi connectivity index (χ1) is 7.58. The summed E-state index contributed by atoms with van der Waals surface area (Å²) in [6.07, 6.45) is 0. The predicted octanol–water partition coefficient (Wildman–Crippen LogP) is 5.32. The Labute approximate surface area is 146 Å². The molecule has 0 nitrogen and oxygen atoms in total. The second-order valence-corrected chi connectivity index (χ2v) is 15.5. The Hall–Kier alpha value is 3.32. The highest BCUT2D eigenvalue weighted by atomic mass is 79.9. The summed E-state index contributed by atoms with van der Waals surface area (Å²) in [6, 6.07) is 0. The summed E-state index contributed by atoms with van der Waals surface area (Å²) in [5, 5.41) is 3.30. The molecule has 92 valence electrons. The molecule has 8 heteroatoms. The summed E-state index contributed by atoms with van der Waals surface area (Å²) in [6.45, 7) is 0. The van der Waals surface area contributed by atoms with E-state index in [0.717, 1.165) is 21.0 Å². The van der Waals surface area contributed by atoms with Crippen LogP contribution in [0.4, 0.5) is 0 Å². The highest BCUT2D eigenvalue weighted by molar-refractivity contribution is 9.15. The molecule has 3 rings (SSSR count). The normalized spacial score (nSPS) is 60.8. The van der Waals surface area contributed by atoms with Crippen LogP contribution in [0.3, 0.4) is 0 Å². The number of hydrogen-bond acceptors (Lipinski definition) is 4. The molecule has 0 aromatic rings. The highest BCUT2D eigenvalue weighted by Crippen LogP contribution is 2.64. The van der Waals surface area contributed by atoms with Crippen LogP contribution in [-0.4, -0.2) is 37.6 Å². The van der Waals surface area contributed by atoms with Crippen LogP contribution in [0.2, 0.25) is 0 Å².